The lowest BCUT2D eigenvalue weighted by molar-refractivity contribution is -0.112. The quantitative estimate of drug-likeness (QED) is 0.475. The third kappa shape index (κ3) is 2.11. The molecule has 9 heavy (non-hydrogen) atoms. The molecule has 0 N–H and O–H groups in total. The first kappa shape index (κ1) is 6.71. The molecule has 0 aromatic rings. The topological polar surface area (TPSA) is 35.5 Å². The largest absolute Gasteiger partial charge is 0.355 e. The van der Waals surface area contributed by atoms with Crippen LogP contribution in [0.15, 0.2) is 0 Å². The van der Waals surface area contributed by atoms with Gasteiger partial charge in [-0.15, -0.1) is 0 Å². The fourth-order valence-corrected chi connectivity index (χ4v) is 0.743. The van der Waals surface area contributed by atoms with Crippen LogP contribution in [-0.4, -0.2) is 26.3 Å². The second-order valence-electron chi connectivity index (χ2n) is 2.08. The van der Waals surface area contributed by atoms with Crippen LogP contribution in [0.5, 0.6) is 0 Å². The number of ether oxygens (including phenoxy) is 2. The molecule has 1 saturated heterocycles. The maximum absolute atomic E-state index is 10.2. The SMILES string of the molecule is O=CC1CCOCOC1. The molecule has 1 rings (SSSR count). The normalized spacial score (nSPS) is 29.1. The van der Waals surface area contributed by atoms with Gasteiger partial charge in [0.15, 0.2) is 0 Å². The van der Waals surface area contributed by atoms with Crippen molar-refractivity contribution >= 4 is 6.29 Å². The first-order valence-corrected chi connectivity index (χ1v) is 3.04. The van der Waals surface area contributed by atoms with Gasteiger partial charge in [-0.25, -0.2) is 0 Å². The minimum Gasteiger partial charge on any atom is -0.355 e. The summed E-state index contributed by atoms with van der Waals surface area (Å²) in [6, 6.07) is 0. The number of hydrogen-bond acceptors (Lipinski definition) is 3. The maximum atomic E-state index is 10.2. The Bertz CT molecular complexity index is 84.3. The zero-order chi connectivity index (χ0) is 6.53. The molecule has 1 fully saturated rings. The number of carbonyl (C=O) groups excluding carboxylic acids is 1. The van der Waals surface area contributed by atoms with E-state index in [1.165, 1.54) is 0 Å². The lowest BCUT2D eigenvalue weighted by Gasteiger charge is -2.00. The van der Waals surface area contributed by atoms with E-state index < -0.39 is 0 Å². The smallest absolute Gasteiger partial charge is 0.146 e. The van der Waals surface area contributed by atoms with Crippen molar-refractivity contribution in [2.45, 2.75) is 6.42 Å². The van der Waals surface area contributed by atoms with Crippen molar-refractivity contribution in [1.82, 2.24) is 0 Å². The first-order chi connectivity index (χ1) is 4.43. The summed E-state index contributed by atoms with van der Waals surface area (Å²) in [5.41, 5.74) is 0. The van der Waals surface area contributed by atoms with Crippen molar-refractivity contribution in [2.24, 2.45) is 5.92 Å². The average molecular weight is 130 g/mol. The van der Waals surface area contributed by atoms with E-state index in [4.69, 9.17) is 9.47 Å². The van der Waals surface area contributed by atoms with Gasteiger partial charge < -0.3 is 14.3 Å². The van der Waals surface area contributed by atoms with Crippen LogP contribution in [0.1, 0.15) is 6.42 Å². The van der Waals surface area contributed by atoms with Crippen LogP contribution >= 0.6 is 0 Å². The molecule has 0 aromatic heterocycles. The third-order valence-electron chi connectivity index (χ3n) is 1.32. The van der Waals surface area contributed by atoms with Crippen LogP contribution in [0.3, 0.4) is 0 Å². The van der Waals surface area contributed by atoms with E-state index in [0.29, 0.717) is 20.0 Å². The minimum absolute atomic E-state index is 0.0486. The van der Waals surface area contributed by atoms with Crippen molar-refractivity contribution in [1.29, 1.82) is 0 Å². The van der Waals surface area contributed by atoms with Gasteiger partial charge in [0.1, 0.15) is 13.1 Å². The number of aldehydes is 1. The fraction of sp³-hybridized carbons (Fsp3) is 0.833. The van der Waals surface area contributed by atoms with Crippen molar-refractivity contribution in [3.8, 4) is 0 Å². The van der Waals surface area contributed by atoms with Gasteiger partial charge in [-0.2, -0.15) is 0 Å². The van der Waals surface area contributed by atoms with Gasteiger partial charge >= 0.3 is 0 Å². The summed E-state index contributed by atoms with van der Waals surface area (Å²) in [4.78, 5) is 10.2. The molecule has 0 spiro atoms. The van der Waals surface area contributed by atoms with Crippen LogP contribution in [0.25, 0.3) is 0 Å². The summed E-state index contributed by atoms with van der Waals surface area (Å²) < 4.78 is 9.89. The van der Waals surface area contributed by atoms with Crippen LogP contribution in [0.4, 0.5) is 0 Å². The highest BCUT2D eigenvalue weighted by molar-refractivity contribution is 5.53. The Morgan fingerprint density at radius 2 is 2.33 bits per heavy atom. The van der Waals surface area contributed by atoms with Gasteiger partial charge in [0, 0.05) is 5.92 Å². The predicted octanol–water partition coefficient (Wildman–Crippen LogP) is 0.196. The van der Waals surface area contributed by atoms with Gasteiger partial charge in [-0.1, -0.05) is 0 Å². The molecule has 1 atom stereocenters. The standard InChI is InChI=1S/C6H10O3/c7-3-6-1-2-8-5-9-4-6/h3,6H,1-2,4-5H2. The lowest BCUT2D eigenvalue weighted by atomic mass is 10.1. The molecule has 1 heterocycles. The van der Waals surface area contributed by atoms with Crippen LogP contribution in [0, 0.1) is 5.92 Å². The minimum atomic E-state index is 0.0486. The van der Waals surface area contributed by atoms with E-state index >= 15 is 0 Å². The summed E-state index contributed by atoms with van der Waals surface area (Å²) in [5, 5.41) is 0. The fourth-order valence-electron chi connectivity index (χ4n) is 0.743. The molecule has 1 aliphatic heterocycles. The molecular weight excluding hydrogens is 120 g/mol. The molecule has 3 nitrogen and oxygen atoms in total. The second kappa shape index (κ2) is 3.58. The third-order valence-corrected chi connectivity index (χ3v) is 1.32. The second-order valence-corrected chi connectivity index (χ2v) is 2.08. The average Bonchev–Trinajstić information content (AvgIpc) is 2.13. The molecule has 0 aromatic carbocycles. The van der Waals surface area contributed by atoms with Crippen molar-refractivity contribution in [3.63, 3.8) is 0 Å². The molecule has 0 radical (unpaired) electrons. The van der Waals surface area contributed by atoms with Gasteiger partial charge in [0.05, 0.1) is 13.2 Å². The van der Waals surface area contributed by atoms with Gasteiger partial charge in [-0.05, 0) is 6.42 Å². The monoisotopic (exact) mass is 130 g/mol. The summed E-state index contributed by atoms with van der Waals surface area (Å²) in [6.07, 6.45) is 1.72. The highest BCUT2D eigenvalue weighted by Gasteiger charge is 2.10. The summed E-state index contributed by atoms with van der Waals surface area (Å²) in [5.74, 6) is 0.0486. The Balaban J connectivity index is 2.26. The number of rotatable bonds is 1. The molecular formula is C6H10O3. The highest BCUT2D eigenvalue weighted by atomic mass is 16.7. The van der Waals surface area contributed by atoms with E-state index in [1.807, 2.05) is 0 Å². The Kier molecular flexibility index (Phi) is 2.67. The molecule has 0 bridgehead atoms. The molecule has 3 heteroatoms. The summed E-state index contributed by atoms with van der Waals surface area (Å²) in [6.45, 7) is 1.50. The Morgan fingerprint density at radius 1 is 1.44 bits per heavy atom. The van der Waals surface area contributed by atoms with Gasteiger partial charge in [-0.3, -0.25) is 0 Å². The summed E-state index contributed by atoms with van der Waals surface area (Å²) in [7, 11) is 0. The van der Waals surface area contributed by atoms with Crippen molar-refractivity contribution in [2.75, 3.05) is 20.0 Å². The number of carbonyl (C=O) groups is 1. The Labute approximate surface area is 53.9 Å². The van der Waals surface area contributed by atoms with E-state index in [-0.39, 0.29) is 5.92 Å². The van der Waals surface area contributed by atoms with Gasteiger partial charge in [0.25, 0.3) is 0 Å². The highest BCUT2D eigenvalue weighted by Crippen LogP contribution is 2.04. The van der Waals surface area contributed by atoms with Crippen LogP contribution in [0.2, 0.25) is 0 Å². The van der Waals surface area contributed by atoms with Crippen LogP contribution in [-0.2, 0) is 14.3 Å². The zero-order valence-electron chi connectivity index (χ0n) is 5.21. The summed E-state index contributed by atoms with van der Waals surface area (Å²) >= 11 is 0. The van der Waals surface area contributed by atoms with E-state index in [0.717, 1.165) is 12.7 Å². The molecule has 1 aliphatic rings. The van der Waals surface area contributed by atoms with Crippen molar-refractivity contribution in [3.05, 3.63) is 0 Å². The van der Waals surface area contributed by atoms with E-state index in [1.54, 1.807) is 0 Å². The number of hydrogen-bond donors (Lipinski definition) is 0. The Hall–Kier alpha value is -0.410. The van der Waals surface area contributed by atoms with Gasteiger partial charge in [0.2, 0.25) is 0 Å². The van der Waals surface area contributed by atoms with E-state index in [2.05, 4.69) is 0 Å². The molecule has 0 saturated carbocycles. The predicted molar refractivity (Wildman–Crippen MR) is 30.9 cm³/mol. The Morgan fingerprint density at radius 3 is 3.11 bits per heavy atom. The van der Waals surface area contributed by atoms with Crippen LogP contribution < -0.4 is 0 Å². The maximum Gasteiger partial charge on any atom is 0.146 e. The molecule has 0 amide bonds. The van der Waals surface area contributed by atoms with E-state index in [9.17, 15) is 4.79 Å². The molecule has 0 aliphatic carbocycles. The molecule has 1 unspecified atom stereocenters. The molecule has 52 valence electrons. The first-order valence-electron chi connectivity index (χ1n) is 3.04. The lowest BCUT2D eigenvalue weighted by Crippen LogP contribution is -2.08. The van der Waals surface area contributed by atoms with Crippen molar-refractivity contribution < 1.29 is 14.3 Å². The zero-order valence-corrected chi connectivity index (χ0v) is 5.21.